The Balaban J connectivity index is 0.00000450. The predicted octanol–water partition coefficient (Wildman–Crippen LogP) is 3.61. The maximum absolute atomic E-state index is 12.6. The van der Waals surface area contributed by atoms with Gasteiger partial charge in [-0.15, -0.1) is 24.0 Å². The van der Waals surface area contributed by atoms with Crippen LogP contribution >= 0.6 is 24.0 Å². The van der Waals surface area contributed by atoms with Gasteiger partial charge in [0.05, 0.1) is 20.2 Å². The molecule has 1 heterocycles. The third-order valence-corrected chi connectivity index (χ3v) is 4.25. The number of nitrogens with one attached hydrogen (secondary N) is 2. The predicted molar refractivity (Wildman–Crippen MR) is 114 cm³/mol. The summed E-state index contributed by atoms with van der Waals surface area (Å²) in [5.41, 5.74) is 0.395. The summed E-state index contributed by atoms with van der Waals surface area (Å²) in [5.74, 6) is 0.836. The fourth-order valence-electron chi connectivity index (χ4n) is 3.04. The molecule has 0 amide bonds. The van der Waals surface area contributed by atoms with E-state index in [1.165, 1.54) is 24.1 Å². The summed E-state index contributed by atoms with van der Waals surface area (Å²) in [6, 6.07) is 4.23. The molecular formula is C18H26F5IN4O2. The molecule has 0 aromatic heterocycles. The van der Waals surface area contributed by atoms with Gasteiger partial charge in [-0.25, -0.2) is 4.99 Å². The van der Waals surface area contributed by atoms with Crippen LogP contribution in [0.5, 0.6) is 11.5 Å². The van der Waals surface area contributed by atoms with Crippen LogP contribution in [0.15, 0.2) is 23.2 Å². The van der Waals surface area contributed by atoms with Crippen molar-refractivity contribution in [1.29, 1.82) is 0 Å². The first kappa shape index (κ1) is 26.5. The van der Waals surface area contributed by atoms with Gasteiger partial charge in [-0.1, -0.05) is 0 Å². The zero-order valence-corrected chi connectivity index (χ0v) is 19.0. The number of likely N-dealkylation sites (tertiary alicyclic amines) is 1. The van der Waals surface area contributed by atoms with Crippen LogP contribution in [0.4, 0.5) is 22.0 Å². The molecule has 0 saturated carbocycles. The summed E-state index contributed by atoms with van der Waals surface area (Å²) in [7, 11) is 1.45. The average molecular weight is 552 g/mol. The highest BCUT2D eigenvalue weighted by molar-refractivity contribution is 14.0. The van der Waals surface area contributed by atoms with Crippen molar-refractivity contribution in [1.82, 2.24) is 15.5 Å². The van der Waals surface area contributed by atoms with Crippen LogP contribution < -0.4 is 20.1 Å². The minimum atomic E-state index is -4.24. The molecule has 2 N–H and O–H groups in total. The van der Waals surface area contributed by atoms with Crippen molar-refractivity contribution in [2.24, 2.45) is 4.99 Å². The quantitative estimate of drug-likeness (QED) is 0.224. The molecule has 1 aromatic carbocycles. The first-order valence-electron chi connectivity index (χ1n) is 9.16. The zero-order valence-electron chi connectivity index (χ0n) is 16.6. The van der Waals surface area contributed by atoms with Crippen molar-refractivity contribution < 1.29 is 31.4 Å². The molecule has 6 nitrogen and oxygen atoms in total. The molecule has 1 aliphatic rings. The first-order valence-corrected chi connectivity index (χ1v) is 9.16. The van der Waals surface area contributed by atoms with Crippen molar-refractivity contribution in [2.75, 3.05) is 33.3 Å². The molecule has 30 heavy (non-hydrogen) atoms. The van der Waals surface area contributed by atoms with Gasteiger partial charge in [0.25, 0.3) is 0 Å². The molecule has 0 aliphatic carbocycles. The minimum Gasteiger partial charge on any atom is -0.497 e. The average Bonchev–Trinajstić information content (AvgIpc) is 3.05. The molecule has 1 saturated heterocycles. The smallest absolute Gasteiger partial charge is 0.401 e. The van der Waals surface area contributed by atoms with E-state index in [2.05, 4.69) is 20.4 Å². The highest BCUT2D eigenvalue weighted by Gasteiger charge is 2.34. The number of hydrogen-bond acceptors (Lipinski definition) is 4. The maximum atomic E-state index is 12.6. The third-order valence-electron chi connectivity index (χ3n) is 4.25. The molecule has 1 aliphatic heterocycles. The Kier molecular flexibility index (Phi) is 10.9. The van der Waals surface area contributed by atoms with Gasteiger partial charge in [0.1, 0.15) is 11.5 Å². The first-order chi connectivity index (χ1) is 13.7. The Bertz CT molecular complexity index is 691. The second-order valence-corrected chi connectivity index (χ2v) is 6.53. The summed E-state index contributed by atoms with van der Waals surface area (Å²) in [6.07, 6.45) is -3.69. The number of rotatable bonds is 8. The molecule has 0 bridgehead atoms. The lowest BCUT2D eigenvalue weighted by Gasteiger charge is -2.20. The number of benzene rings is 1. The molecule has 1 atom stereocenters. The number of alkyl halides is 5. The molecule has 1 unspecified atom stereocenters. The Hall–Kier alpha value is -1.57. The van der Waals surface area contributed by atoms with E-state index < -0.39 is 19.3 Å². The lowest BCUT2D eigenvalue weighted by Crippen LogP contribution is -2.45. The van der Waals surface area contributed by atoms with E-state index in [4.69, 9.17) is 4.74 Å². The van der Waals surface area contributed by atoms with Crippen molar-refractivity contribution in [3.63, 3.8) is 0 Å². The van der Waals surface area contributed by atoms with Gasteiger partial charge in [-0.2, -0.15) is 22.0 Å². The number of halogens is 6. The van der Waals surface area contributed by atoms with Gasteiger partial charge in [-0.3, -0.25) is 4.90 Å². The van der Waals surface area contributed by atoms with Crippen LogP contribution in [0.2, 0.25) is 0 Å². The summed E-state index contributed by atoms with van der Waals surface area (Å²) < 4.78 is 72.5. The lowest BCUT2D eigenvalue weighted by atomic mass is 10.2. The van der Waals surface area contributed by atoms with E-state index in [9.17, 15) is 22.0 Å². The SMILES string of the molecule is CCNC(=NCc1cc(OC)ccc1OC(F)F)NC1CCN(CC(F)(F)F)C1.I. The van der Waals surface area contributed by atoms with Gasteiger partial charge in [-0.05, 0) is 31.5 Å². The van der Waals surface area contributed by atoms with E-state index in [0.29, 0.717) is 36.8 Å². The largest absolute Gasteiger partial charge is 0.497 e. The molecular weight excluding hydrogens is 526 g/mol. The third kappa shape index (κ3) is 9.06. The van der Waals surface area contributed by atoms with Gasteiger partial charge in [0.15, 0.2) is 5.96 Å². The number of ether oxygens (including phenoxy) is 2. The Morgan fingerprint density at radius 1 is 1.33 bits per heavy atom. The van der Waals surface area contributed by atoms with E-state index in [1.54, 1.807) is 6.07 Å². The van der Waals surface area contributed by atoms with E-state index in [1.807, 2.05) is 6.92 Å². The highest BCUT2D eigenvalue weighted by Crippen LogP contribution is 2.26. The van der Waals surface area contributed by atoms with Gasteiger partial charge < -0.3 is 20.1 Å². The molecule has 1 fully saturated rings. The highest BCUT2D eigenvalue weighted by atomic mass is 127. The second kappa shape index (κ2) is 12.3. The van der Waals surface area contributed by atoms with Crippen LogP contribution in [0.25, 0.3) is 0 Å². The van der Waals surface area contributed by atoms with Crippen molar-refractivity contribution in [2.45, 2.75) is 38.7 Å². The van der Waals surface area contributed by atoms with Crippen LogP contribution in [0.1, 0.15) is 18.9 Å². The van der Waals surface area contributed by atoms with Crippen molar-refractivity contribution in [3.8, 4) is 11.5 Å². The second-order valence-electron chi connectivity index (χ2n) is 6.53. The van der Waals surface area contributed by atoms with Crippen molar-refractivity contribution >= 4 is 29.9 Å². The monoisotopic (exact) mass is 552 g/mol. The Morgan fingerprint density at radius 3 is 2.67 bits per heavy atom. The fraction of sp³-hybridized carbons (Fsp3) is 0.611. The van der Waals surface area contributed by atoms with Gasteiger partial charge in [0.2, 0.25) is 0 Å². The summed E-state index contributed by atoms with van der Waals surface area (Å²) >= 11 is 0. The Morgan fingerprint density at radius 2 is 2.07 bits per heavy atom. The maximum Gasteiger partial charge on any atom is 0.401 e. The molecule has 12 heteroatoms. The Labute approximate surface area is 189 Å². The van der Waals surface area contributed by atoms with Crippen LogP contribution in [-0.4, -0.2) is 63.0 Å². The normalized spacial score (nSPS) is 17.6. The van der Waals surface area contributed by atoms with E-state index in [-0.39, 0.29) is 48.9 Å². The molecule has 0 radical (unpaired) electrons. The summed E-state index contributed by atoms with van der Waals surface area (Å²) in [4.78, 5) is 5.69. The molecule has 1 aromatic rings. The molecule has 0 spiro atoms. The minimum absolute atomic E-state index is 0. The van der Waals surface area contributed by atoms with E-state index in [0.717, 1.165) is 0 Å². The number of methoxy groups -OCH3 is 1. The topological polar surface area (TPSA) is 58.1 Å². The van der Waals surface area contributed by atoms with E-state index >= 15 is 0 Å². The number of hydrogen-bond donors (Lipinski definition) is 2. The fourth-order valence-corrected chi connectivity index (χ4v) is 3.04. The van der Waals surface area contributed by atoms with Crippen LogP contribution in [0.3, 0.4) is 0 Å². The lowest BCUT2D eigenvalue weighted by molar-refractivity contribution is -0.143. The van der Waals surface area contributed by atoms with Crippen LogP contribution in [-0.2, 0) is 6.54 Å². The summed E-state index contributed by atoms with van der Waals surface area (Å²) in [6.45, 7) is -0.954. The molecule has 172 valence electrons. The standard InChI is InChI=1S/C18H25F5N4O2.HI/c1-3-24-17(26-13-6-7-27(10-13)11-18(21,22)23)25-9-12-8-14(28-2)4-5-15(12)29-16(19)20;/h4-5,8,13,16H,3,6-7,9-11H2,1-2H3,(H2,24,25,26);1H. The molecule has 2 rings (SSSR count). The van der Waals surface area contributed by atoms with Gasteiger partial charge in [0, 0.05) is 31.2 Å². The number of guanidine groups is 1. The van der Waals surface area contributed by atoms with Gasteiger partial charge >= 0.3 is 12.8 Å². The number of aliphatic imine (C=N–C) groups is 1. The number of nitrogens with zero attached hydrogens (tertiary/aromatic N) is 2. The van der Waals surface area contributed by atoms with Crippen LogP contribution in [0, 0.1) is 0 Å². The zero-order chi connectivity index (χ0) is 21.4. The summed E-state index contributed by atoms with van der Waals surface area (Å²) in [5, 5.41) is 6.11. The van der Waals surface area contributed by atoms with Crippen molar-refractivity contribution in [3.05, 3.63) is 23.8 Å².